The van der Waals surface area contributed by atoms with Gasteiger partial charge in [0, 0.05) is 0 Å². The molecule has 3 N–H and O–H groups in total. The minimum Gasteiger partial charge on any atom is -0.366 e. The van der Waals surface area contributed by atoms with E-state index in [1.165, 1.54) is 19.5 Å². The largest absolute Gasteiger partial charge is 0.366 e. The molecular formula is C5H9Cl3N2O. The van der Waals surface area contributed by atoms with Gasteiger partial charge >= 0.3 is 0 Å². The van der Waals surface area contributed by atoms with Crippen molar-refractivity contribution in [1.82, 2.24) is 5.32 Å². The summed E-state index contributed by atoms with van der Waals surface area (Å²) in [5, 5.41) is 3.11. The molecule has 0 atom stereocenters. The lowest BCUT2D eigenvalue weighted by Gasteiger charge is -2.09. The van der Waals surface area contributed by atoms with Crippen molar-refractivity contribution in [2.45, 2.75) is 10.2 Å². The molecule has 0 spiro atoms. The van der Waals surface area contributed by atoms with Crippen LogP contribution in [0, 0.1) is 0 Å². The van der Waals surface area contributed by atoms with E-state index in [0.29, 0.717) is 0 Å². The van der Waals surface area contributed by atoms with Crippen LogP contribution < -0.4 is 11.1 Å². The van der Waals surface area contributed by atoms with Crippen LogP contribution in [0.15, 0.2) is 0 Å². The molecule has 1 fully saturated rings. The number of amides is 1. The Morgan fingerprint density at radius 2 is 1.55 bits per heavy atom. The third kappa shape index (κ3) is 6.69. The predicted molar refractivity (Wildman–Crippen MR) is 47.0 cm³/mol. The van der Waals surface area contributed by atoms with Crippen LogP contribution in [0.1, 0.15) is 6.42 Å². The number of nitrogens with one attached hydrogen (secondary N) is 1. The number of carbonyl (C=O) groups is 1. The van der Waals surface area contributed by atoms with Gasteiger partial charge < -0.3 is 11.1 Å². The third-order valence-electron chi connectivity index (χ3n) is 0.986. The molecule has 0 aliphatic carbocycles. The van der Waals surface area contributed by atoms with Crippen molar-refractivity contribution in [2.75, 3.05) is 13.1 Å². The smallest absolute Gasteiger partial charge is 0.269 e. The van der Waals surface area contributed by atoms with Gasteiger partial charge in [0.05, 0.1) is 0 Å². The molecule has 0 aromatic heterocycles. The summed E-state index contributed by atoms with van der Waals surface area (Å²) < 4.78 is -1.94. The number of nitrogens with two attached hydrogens (primary N) is 1. The summed E-state index contributed by atoms with van der Waals surface area (Å²) in [5.74, 6) is -0.961. The molecule has 0 unspecified atom stereocenters. The molecule has 0 bridgehead atoms. The molecule has 0 aromatic rings. The number of hydrogen-bond acceptors (Lipinski definition) is 2. The summed E-state index contributed by atoms with van der Waals surface area (Å²) in [5.41, 5.74) is 4.53. The van der Waals surface area contributed by atoms with E-state index in [2.05, 4.69) is 11.1 Å². The van der Waals surface area contributed by atoms with Gasteiger partial charge in [-0.15, -0.1) is 0 Å². The van der Waals surface area contributed by atoms with Crippen LogP contribution in [0.5, 0.6) is 0 Å². The van der Waals surface area contributed by atoms with Crippen molar-refractivity contribution in [3.8, 4) is 0 Å². The van der Waals surface area contributed by atoms with E-state index in [1.54, 1.807) is 0 Å². The minimum atomic E-state index is -1.94. The fourth-order valence-electron chi connectivity index (χ4n) is 0.177. The van der Waals surface area contributed by atoms with E-state index < -0.39 is 9.70 Å². The predicted octanol–water partition coefficient (Wildman–Crippen LogP) is 0.822. The summed E-state index contributed by atoms with van der Waals surface area (Å²) >= 11 is 14.8. The molecule has 66 valence electrons. The number of alkyl halides is 3. The first-order valence-electron chi connectivity index (χ1n) is 3.02. The molecule has 1 aliphatic rings. The maximum atomic E-state index is 9.85. The van der Waals surface area contributed by atoms with E-state index in [-0.39, 0.29) is 0 Å². The van der Waals surface area contributed by atoms with Crippen molar-refractivity contribution in [1.29, 1.82) is 0 Å². The highest BCUT2D eigenvalue weighted by molar-refractivity contribution is 6.76. The van der Waals surface area contributed by atoms with Gasteiger partial charge in [0.1, 0.15) is 0 Å². The van der Waals surface area contributed by atoms with E-state index in [9.17, 15) is 4.79 Å². The number of halogens is 3. The second kappa shape index (κ2) is 5.04. The van der Waals surface area contributed by atoms with E-state index >= 15 is 0 Å². The van der Waals surface area contributed by atoms with Crippen molar-refractivity contribution in [2.24, 2.45) is 5.73 Å². The normalized spacial score (nSPS) is 15.9. The van der Waals surface area contributed by atoms with Gasteiger partial charge in [-0.1, -0.05) is 34.8 Å². The average Bonchev–Trinajstić information content (AvgIpc) is 1.55. The van der Waals surface area contributed by atoms with Crippen molar-refractivity contribution in [3.63, 3.8) is 0 Å². The summed E-state index contributed by atoms with van der Waals surface area (Å²) in [6.45, 7) is 2.50. The molecular weight excluding hydrogens is 210 g/mol. The van der Waals surface area contributed by atoms with Crippen LogP contribution in [-0.4, -0.2) is 22.8 Å². The first kappa shape index (κ1) is 11.3. The molecule has 6 heteroatoms. The highest BCUT2D eigenvalue weighted by Gasteiger charge is 2.26. The number of hydrogen-bond donors (Lipinski definition) is 2. The van der Waals surface area contributed by atoms with Gasteiger partial charge in [-0.25, -0.2) is 0 Å². The Morgan fingerprint density at radius 3 is 1.55 bits per heavy atom. The lowest BCUT2D eigenvalue weighted by atomic mass is 10.3. The highest BCUT2D eigenvalue weighted by Crippen LogP contribution is 2.24. The maximum absolute atomic E-state index is 9.85. The van der Waals surface area contributed by atoms with Gasteiger partial charge in [-0.05, 0) is 19.5 Å². The second-order valence-corrected chi connectivity index (χ2v) is 4.25. The van der Waals surface area contributed by atoms with E-state index in [1.807, 2.05) is 0 Å². The fourth-order valence-corrected chi connectivity index (χ4v) is 0.177. The Labute approximate surface area is 80.2 Å². The first-order valence-corrected chi connectivity index (χ1v) is 4.15. The van der Waals surface area contributed by atoms with Gasteiger partial charge in [0.2, 0.25) is 0 Å². The highest BCUT2D eigenvalue weighted by atomic mass is 35.6. The van der Waals surface area contributed by atoms with Crippen LogP contribution in [0.2, 0.25) is 0 Å². The minimum absolute atomic E-state index is 0.961. The molecule has 1 saturated heterocycles. The van der Waals surface area contributed by atoms with Gasteiger partial charge in [0.25, 0.3) is 9.70 Å². The molecule has 1 amide bonds. The van der Waals surface area contributed by atoms with Crippen LogP contribution >= 0.6 is 34.8 Å². The number of rotatable bonds is 0. The fraction of sp³-hybridized carbons (Fsp3) is 0.800. The zero-order valence-electron chi connectivity index (χ0n) is 5.74. The van der Waals surface area contributed by atoms with Crippen LogP contribution in [0.4, 0.5) is 0 Å². The maximum Gasteiger partial charge on any atom is 0.269 e. The third-order valence-corrected chi connectivity index (χ3v) is 1.55. The standard InChI is InChI=1S/C3H7N.C2H2Cl3NO/c1-2-4-3-1;3-2(4,5)1(6)7/h4H,1-3H2;(H2,6,7). The van der Waals surface area contributed by atoms with Crippen molar-refractivity contribution >= 4 is 40.7 Å². The Hall–Kier alpha value is 0.300. The lowest BCUT2D eigenvalue weighted by Crippen LogP contribution is -2.29. The molecule has 1 aliphatic heterocycles. The molecule has 0 radical (unpaired) electrons. The number of carbonyl (C=O) groups excluding carboxylic acids is 1. The monoisotopic (exact) mass is 218 g/mol. The second-order valence-electron chi connectivity index (χ2n) is 1.97. The molecule has 1 heterocycles. The molecule has 1 rings (SSSR count). The first-order chi connectivity index (χ1) is 4.94. The topological polar surface area (TPSA) is 55.1 Å². The van der Waals surface area contributed by atoms with Gasteiger partial charge in [0.15, 0.2) is 0 Å². The zero-order valence-corrected chi connectivity index (χ0v) is 8.01. The molecule has 0 aromatic carbocycles. The van der Waals surface area contributed by atoms with Gasteiger partial charge in [-0.3, -0.25) is 4.79 Å². The lowest BCUT2D eigenvalue weighted by molar-refractivity contribution is -0.117. The Bertz CT molecular complexity index is 126. The summed E-state index contributed by atoms with van der Waals surface area (Å²) in [7, 11) is 0. The number of primary amides is 1. The van der Waals surface area contributed by atoms with Crippen LogP contribution in [-0.2, 0) is 4.79 Å². The van der Waals surface area contributed by atoms with E-state index in [0.717, 1.165) is 0 Å². The summed E-state index contributed by atoms with van der Waals surface area (Å²) in [6.07, 6.45) is 1.39. The average molecular weight is 219 g/mol. The Kier molecular flexibility index (Phi) is 5.17. The molecule has 11 heavy (non-hydrogen) atoms. The van der Waals surface area contributed by atoms with Crippen LogP contribution in [0.25, 0.3) is 0 Å². The SMILES string of the molecule is C1CNC1.NC(=O)C(Cl)(Cl)Cl. The Balaban J connectivity index is 0.000000207. The van der Waals surface area contributed by atoms with E-state index in [4.69, 9.17) is 34.8 Å². The Morgan fingerprint density at radius 1 is 1.36 bits per heavy atom. The van der Waals surface area contributed by atoms with Crippen molar-refractivity contribution < 1.29 is 4.79 Å². The van der Waals surface area contributed by atoms with Crippen molar-refractivity contribution in [3.05, 3.63) is 0 Å². The van der Waals surface area contributed by atoms with Crippen LogP contribution in [0.3, 0.4) is 0 Å². The zero-order chi connectivity index (χ0) is 8.91. The van der Waals surface area contributed by atoms with Gasteiger partial charge in [-0.2, -0.15) is 0 Å². The summed E-state index contributed by atoms with van der Waals surface area (Å²) in [6, 6.07) is 0. The summed E-state index contributed by atoms with van der Waals surface area (Å²) in [4.78, 5) is 9.85. The quantitative estimate of drug-likeness (QED) is 0.593. The molecule has 0 saturated carbocycles. The molecule has 3 nitrogen and oxygen atoms in total.